The zero-order chi connectivity index (χ0) is 11.0. The Balaban J connectivity index is 2.20. The van der Waals surface area contributed by atoms with Gasteiger partial charge in [-0.05, 0) is 37.5 Å². The molecular formula is C12H20O3. The number of carboxylic acid groups (broad SMARTS) is 1. The van der Waals surface area contributed by atoms with Crippen LogP contribution in [0.15, 0.2) is 0 Å². The molecule has 0 aromatic heterocycles. The van der Waals surface area contributed by atoms with Gasteiger partial charge in [-0.25, -0.2) is 0 Å². The third-order valence-corrected chi connectivity index (χ3v) is 4.37. The van der Waals surface area contributed by atoms with E-state index in [2.05, 4.69) is 0 Å². The third-order valence-electron chi connectivity index (χ3n) is 4.37. The van der Waals surface area contributed by atoms with Crippen molar-refractivity contribution in [3.63, 3.8) is 0 Å². The molecule has 0 spiro atoms. The lowest BCUT2D eigenvalue weighted by atomic mass is 9.61. The fourth-order valence-corrected chi connectivity index (χ4v) is 3.60. The predicted octanol–water partition coefficient (Wildman–Crippen LogP) is 1.89. The highest BCUT2D eigenvalue weighted by molar-refractivity contribution is 5.71. The lowest BCUT2D eigenvalue weighted by molar-refractivity contribution is -0.154. The van der Waals surface area contributed by atoms with E-state index in [0.717, 1.165) is 32.1 Å². The van der Waals surface area contributed by atoms with Crippen molar-refractivity contribution in [3.8, 4) is 0 Å². The van der Waals surface area contributed by atoms with Gasteiger partial charge in [-0.3, -0.25) is 4.79 Å². The topological polar surface area (TPSA) is 57.5 Å². The van der Waals surface area contributed by atoms with Crippen LogP contribution in [0.3, 0.4) is 0 Å². The van der Waals surface area contributed by atoms with Crippen LogP contribution in [0.5, 0.6) is 0 Å². The minimum absolute atomic E-state index is 0.0139. The highest BCUT2D eigenvalue weighted by Gasteiger charge is 2.46. The Labute approximate surface area is 90.5 Å². The fraction of sp³-hybridized carbons (Fsp3) is 0.917. The predicted molar refractivity (Wildman–Crippen MR) is 56.4 cm³/mol. The van der Waals surface area contributed by atoms with Crippen molar-refractivity contribution >= 4 is 5.97 Å². The van der Waals surface area contributed by atoms with E-state index >= 15 is 0 Å². The van der Waals surface area contributed by atoms with E-state index < -0.39 is 5.97 Å². The van der Waals surface area contributed by atoms with Crippen molar-refractivity contribution in [1.29, 1.82) is 0 Å². The van der Waals surface area contributed by atoms with Crippen LogP contribution < -0.4 is 0 Å². The maximum Gasteiger partial charge on any atom is 0.307 e. The Hall–Kier alpha value is -0.570. The highest BCUT2D eigenvalue weighted by atomic mass is 16.4. The molecule has 2 aliphatic carbocycles. The van der Waals surface area contributed by atoms with Crippen molar-refractivity contribution in [2.75, 3.05) is 0 Å². The van der Waals surface area contributed by atoms with Gasteiger partial charge in [-0.1, -0.05) is 13.3 Å². The maximum atomic E-state index is 11.3. The Kier molecular flexibility index (Phi) is 3.01. The molecule has 2 N–H and O–H groups in total. The van der Waals surface area contributed by atoms with E-state index in [1.807, 2.05) is 6.92 Å². The highest BCUT2D eigenvalue weighted by Crippen LogP contribution is 2.46. The van der Waals surface area contributed by atoms with Crippen molar-refractivity contribution in [2.24, 2.45) is 23.7 Å². The zero-order valence-corrected chi connectivity index (χ0v) is 9.22. The van der Waals surface area contributed by atoms with E-state index in [-0.39, 0.29) is 23.9 Å². The summed E-state index contributed by atoms with van der Waals surface area (Å²) in [7, 11) is 0. The monoisotopic (exact) mass is 212 g/mol. The quantitative estimate of drug-likeness (QED) is 0.698. The van der Waals surface area contributed by atoms with E-state index in [4.69, 9.17) is 0 Å². The van der Waals surface area contributed by atoms with Crippen LogP contribution in [-0.4, -0.2) is 22.3 Å². The number of aliphatic hydroxyl groups is 1. The molecule has 2 saturated carbocycles. The Morgan fingerprint density at radius 1 is 1.20 bits per heavy atom. The number of aliphatic hydroxyl groups excluding tert-OH is 1. The summed E-state index contributed by atoms with van der Waals surface area (Å²) in [5.74, 6) is -0.347. The van der Waals surface area contributed by atoms with Crippen molar-refractivity contribution in [2.45, 2.75) is 45.1 Å². The van der Waals surface area contributed by atoms with Crippen molar-refractivity contribution < 1.29 is 15.0 Å². The molecule has 0 aromatic rings. The molecule has 2 aliphatic rings. The second-order valence-corrected chi connectivity index (χ2v) is 5.25. The Bertz CT molecular complexity index is 251. The van der Waals surface area contributed by atoms with Crippen LogP contribution in [0, 0.1) is 23.7 Å². The number of aliphatic carboxylic acids is 1. The van der Waals surface area contributed by atoms with E-state index in [1.54, 1.807) is 0 Å². The summed E-state index contributed by atoms with van der Waals surface area (Å²) in [5.41, 5.74) is 0. The second-order valence-electron chi connectivity index (χ2n) is 5.25. The van der Waals surface area contributed by atoms with Gasteiger partial charge in [0.05, 0.1) is 12.0 Å². The molecule has 0 amide bonds. The first-order valence-electron chi connectivity index (χ1n) is 6.02. The molecule has 2 fully saturated rings. The first-order valence-corrected chi connectivity index (χ1v) is 6.02. The summed E-state index contributed by atoms with van der Waals surface area (Å²) in [6, 6.07) is 0. The normalized spacial score (nSPS) is 45.9. The van der Waals surface area contributed by atoms with Gasteiger partial charge >= 0.3 is 5.97 Å². The third kappa shape index (κ3) is 1.89. The molecular weight excluding hydrogens is 192 g/mol. The number of hydrogen-bond acceptors (Lipinski definition) is 2. The molecule has 0 bridgehead atoms. The number of carboxylic acids is 1. The Morgan fingerprint density at radius 3 is 2.60 bits per heavy atom. The maximum absolute atomic E-state index is 11.3. The van der Waals surface area contributed by atoms with Gasteiger partial charge in [0.15, 0.2) is 0 Å². The van der Waals surface area contributed by atoms with Gasteiger partial charge < -0.3 is 10.2 Å². The van der Waals surface area contributed by atoms with Gasteiger partial charge in [0, 0.05) is 5.92 Å². The summed E-state index contributed by atoms with van der Waals surface area (Å²) < 4.78 is 0. The first-order chi connectivity index (χ1) is 7.11. The van der Waals surface area contributed by atoms with E-state index in [1.165, 1.54) is 0 Å². The molecule has 5 atom stereocenters. The second kappa shape index (κ2) is 4.12. The molecule has 0 aromatic carbocycles. The lowest BCUT2D eigenvalue weighted by Crippen LogP contribution is -2.46. The number of rotatable bonds is 1. The van der Waals surface area contributed by atoms with E-state index in [9.17, 15) is 15.0 Å². The number of carbonyl (C=O) groups is 1. The molecule has 0 heterocycles. The molecule has 5 unspecified atom stereocenters. The molecule has 86 valence electrons. The first kappa shape index (κ1) is 10.9. The summed E-state index contributed by atoms with van der Waals surface area (Å²) >= 11 is 0. The van der Waals surface area contributed by atoms with Gasteiger partial charge in [0.25, 0.3) is 0 Å². The molecule has 0 saturated heterocycles. The summed E-state index contributed by atoms with van der Waals surface area (Å²) in [4.78, 5) is 11.3. The minimum atomic E-state index is -0.710. The SMILES string of the molecule is CC1CCC2CCCC(O)C2C1C(=O)O. The molecule has 3 nitrogen and oxygen atoms in total. The van der Waals surface area contributed by atoms with Crippen LogP contribution in [0.2, 0.25) is 0 Å². The van der Waals surface area contributed by atoms with E-state index in [0.29, 0.717) is 5.92 Å². The van der Waals surface area contributed by atoms with Crippen LogP contribution in [-0.2, 0) is 4.79 Å². The van der Waals surface area contributed by atoms with Crippen LogP contribution in [0.25, 0.3) is 0 Å². The molecule has 3 heteroatoms. The van der Waals surface area contributed by atoms with Gasteiger partial charge in [-0.15, -0.1) is 0 Å². The van der Waals surface area contributed by atoms with Crippen LogP contribution >= 0.6 is 0 Å². The largest absolute Gasteiger partial charge is 0.481 e. The Morgan fingerprint density at radius 2 is 1.93 bits per heavy atom. The fourth-order valence-electron chi connectivity index (χ4n) is 3.60. The van der Waals surface area contributed by atoms with Crippen LogP contribution in [0.4, 0.5) is 0 Å². The summed E-state index contributed by atoms with van der Waals surface area (Å²) in [6.07, 6.45) is 4.68. The molecule has 0 radical (unpaired) electrons. The zero-order valence-electron chi connectivity index (χ0n) is 9.22. The van der Waals surface area contributed by atoms with Gasteiger partial charge in [0.2, 0.25) is 0 Å². The van der Waals surface area contributed by atoms with Crippen molar-refractivity contribution in [3.05, 3.63) is 0 Å². The van der Waals surface area contributed by atoms with Crippen molar-refractivity contribution in [1.82, 2.24) is 0 Å². The van der Waals surface area contributed by atoms with Gasteiger partial charge in [0.1, 0.15) is 0 Å². The van der Waals surface area contributed by atoms with Gasteiger partial charge in [-0.2, -0.15) is 0 Å². The average Bonchev–Trinajstić information content (AvgIpc) is 2.18. The molecule has 15 heavy (non-hydrogen) atoms. The smallest absolute Gasteiger partial charge is 0.307 e. The number of fused-ring (bicyclic) bond motifs is 1. The summed E-state index contributed by atoms with van der Waals surface area (Å²) in [5, 5.41) is 19.2. The standard InChI is InChI=1S/C12H20O3/c1-7-5-6-8-3-2-4-9(13)11(8)10(7)12(14)15/h7-11,13H,2-6H2,1H3,(H,14,15). The summed E-state index contributed by atoms with van der Waals surface area (Å²) in [6.45, 7) is 2.01. The van der Waals surface area contributed by atoms with Crippen LogP contribution in [0.1, 0.15) is 39.0 Å². The molecule has 0 aliphatic heterocycles. The average molecular weight is 212 g/mol. The molecule has 2 rings (SSSR count). The lowest BCUT2D eigenvalue weighted by Gasteiger charge is -2.45. The minimum Gasteiger partial charge on any atom is -0.481 e. The number of hydrogen-bond donors (Lipinski definition) is 2.